The molecule has 1 heterocycles. The van der Waals surface area contributed by atoms with E-state index in [9.17, 15) is 9.59 Å². The van der Waals surface area contributed by atoms with Crippen LogP contribution in [-0.4, -0.2) is 24.9 Å². The number of hydrogen-bond donors (Lipinski definition) is 2. The number of amides is 2. The molecule has 0 aliphatic heterocycles. The summed E-state index contributed by atoms with van der Waals surface area (Å²) in [5, 5.41) is 7.77. The van der Waals surface area contributed by atoms with Crippen LogP contribution in [0.3, 0.4) is 0 Å². The van der Waals surface area contributed by atoms with Crippen LogP contribution in [0, 0.1) is 0 Å². The Morgan fingerprint density at radius 1 is 0.853 bits per heavy atom. The molecule has 0 saturated carbocycles. The Hall–Kier alpha value is -4.39. The quantitative estimate of drug-likeness (QED) is 0.394. The van der Waals surface area contributed by atoms with Crippen molar-refractivity contribution in [2.75, 3.05) is 23.3 Å². The van der Waals surface area contributed by atoms with Gasteiger partial charge < -0.3 is 14.6 Å². The van der Waals surface area contributed by atoms with Crippen LogP contribution in [0.15, 0.2) is 94.4 Å². The van der Waals surface area contributed by atoms with Crippen LogP contribution in [0.5, 0.6) is 0 Å². The second kappa shape index (κ2) is 10.5. The van der Waals surface area contributed by atoms with Crippen LogP contribution >= 0.6 is 0 Å². The van der Waals surface area contributed by atoms with E-state index in [4.69, 9.17) is 4.42 Å². The third kappa shape index (κ3) is 5.15. The largest absolute Gasteiger partial charge is 0.436 e. The summed E-state index contributed by atoms with van der Waals surface area (Å²) in [5.74, 6) is -0.792. The summed E-state index contributed by atoms with van der Waals surface area (Å²) in [6.07, 6.45) is 0. The van der Waals surface area contributed by atoms with E-state index in [0.717, 1.165) is 24.2 Å². The summed E-state index contributed by atoms with van der Waals surface area (Å²) in [6, 6.07) is 25.4. The zero-order chi connectivity index (χ0) is 23.9. The Balaban J connectivity index is 1.76. The molecule has 0 aliphatic rings. The van der Waals surface area contributed by atoms with Gasteiger partial charge in [-0.1, -0.05) is 36.4 Å². The van der Waals surface area contributed by atoms with Gasteiger partial charge in [0.25, 0.3) is 11.8 Å². The summed E-state index contributed by atoms with van der Waals surface area (Å²) in [4.78, 5) is 27.8. The smallest absolute Gasteiger partial charge is 0.271 e. The maximum atomic E-state index is 13.1. The zero-order valence-corrected chi connectivity index (χ0v) is 19.1. The molecule has 2 amide bonds. The molecule has 34 heavy (non-hydrogen) atoms. The van der Waals surface area contributed by atoms with Gasteiger partial charge >= 0.3 is 0 Å². The molecule has 0 aliphatic carbocycles. The highest BCUT2D eigenvalue weighted by Gasteiger charge is 2.15. The van der Waals surface area contributed by atoms with E-state index in [0.29, 0.717) is 16.8 Å². The Morgan fingerprint density at radius 3 is 2.21 bits per heavy atom. The lowest BCUT2D eigenvalue weighted by Crippen LogP contribution is -2.27. The second-order valence-corrected chi connectivity index (χ2v) is 7.60. The van der Waals surface area contributed by atoms with Crippen molar-refractivity contribution in [2.45, 2.75) is 13.8 Å². The second-order valence-electron chi connectivity index (χ2n) is 7.60. The van der Waals surface area contributed by atoms with E-state index in [1.54, 1.807) is 42.5 Å². The highest BCUT2D eigenvalue weighted by atomic mass is 16.3. The molecule has 2 N–H and O–H groups in total. The van der Waals surface area contributed by atoms with E-state index in [1.807, 2.05) is 42.5 Å². The first kappa shape index (κ1) is 22.8. The number of rotatable bonds is 7. The lowest BCUT2D eigenvalue weighted by molar-refractivity contribution is 0.0948. The molecule has 3 aromatic carbocycles. The first-order valence-electron chi connectivity index (χ1n) is 11.2. The number of nitrogens with zero attached hydrogens (tertiary/aromatic N) is 2. The first-order chi connectivity index (χ1) is 16.6. The standard InChI is InChI=1S/C27H26N4O3/c1-3-31(4-2)22-16-15-20-17-23(26(33)28-21-13-9-6-10-14-21)27(34-24(20)18-22)30-29-25(32)19-11-7-5-8-12-19/h5-18H,3-4H2,1-2H3,(H,28,33)(H,29,32)/b30-27+. The highest BCUT2D eigenvalue weighted by molar-refractivity contribution is 6.05. The normalized spacial score (nSPS) is 11.3. The SMILES string of the molecule is CCN(CC)c1ccc2cc(C(=O)Nc3ccccc3)/c(=N\NC(=O)c3ccccc3)oc2c1. The van der Waals surface area contributed by atoms with Crippen molar-refractivity contribution in [1.29, 1.82) is 0 Å². The van der Waals surface area contributed by atoms with Crippen molar-refractivity contribution >= 4 is 34.2 Å². The highest BCUT2D eigenvalue weighted by Crippen LogP contribution is 2.22. The van der Waals surface area contributed by atoms with Gasteiger partial charge in [-0.2, -0.15) is 0 Å². The number of carbonyl (C=O) groups is 2. The van der Waals surface area contributed by atoms with Gasteiger partial charge in [0.15, 0.2) is 0 Å². The number of hydrogen-bond acceptors (Lipinski definition) is 5. The maximum Gasteiger partial charge on any atom is 0.271 e. The predicted molar refractivity (Wildman–Crippen MR) is 134 cm³/mol. The monoisotopic (exact) mass is 454 g/mol. The summed E-state index contributed by atoms with van der Waals surface area (Å²) >= 11 is 0. The number of carbonyl (C=O) groups excluding carboxylic acids is 2. The van der Waals surface area contributed by atoms with Crippen molar-refractivity contribution in [3.63, 3.8) is 0 Å². The molecule has 7 nitrogen and oxygen atoms in total. The van der Waals surface area contributed by atoms with Gasteiger partial charge in [0.2, 0.25) is 5.55 Å². The van der Waals surface area contributed by atoms with Crippen LogP contribution < -0.4 is 21.2 Å². The van der Waals surface area contributed by atoms with Gasteiger partial charge in [0.05, 0.1) is 0 Å². The average Bonchev–Trinajstić information content (AvgIpc) is 2.88. The van der Waals surface area contributed by atoms with Crippen LogP contribution in [0.4, 0.5) is 11.4 Å². The number of fused-ring (bicyclic) bond motifs is 1. The molecule has 0 atom stereocenters. The minimum absolute atomic E-state index is 0.0157. The molecule has 0 fully saturated rings. The molecule has 0 saturated heterocycles. The van der Waals surface area contributed by atoms with Crippen molar-refractivity contribution in [2.24, 2.45) is 5.10 Å². The molecule has 0 bridgehead atoms. The maximum absolute atomic E-state index is 13.1. The van der Waals surface area contributed by atoms with Crippen molar-refractivity contribution in [1.82, 2.24) is 5.43 Å². The van der Waals surface area contributed by atoms with Gasteiger partial charge in [-0.15, -0.1) is 5.10 Å². The number of para-hydroxylation sites is 1. The number of anilines is 2. The lowest BCUT2D eigenvalue weighted by Gasteiger charge is -2.21. The van der Waals surface area contributed by atoms with Gasteiger partial charge in [0, 0.05) is 41.5 Å². The first-order valence-corrected chi connectivity index (χ1v) is 11.2. The van der Waals surface area contributed by atoms with Crippen LogP contribution in [0.2, 0.25) is 0 Å². The molecule has 1 aromatic heterocycles. The van der Waals surface area contributed by atoms with Crippen molar-refractivity contribution in [3.8, 4) is 0 Å². The molecule has 0 radical (unpaired) electrons. The Morgan fingerprint density at radius 2 is 1.53 bits per heavy atom. The van der Waals surface area contributed by atoms with Crippen LogP contribution in [-0.2, 0) is 0 Å². The van der Waals surface area contributed by atoms with E-state index in [-0.39, 0.29) is 11.1 Å². The fourth-order valence-electron chi connectivity index (χ4n) is 3.61. The Bertz CT molecular complexity index is 1360. The van der Waals surface area contributed by atoms with E-state index in [1.165, 1.54) is 0 Å². The molecule has 172 valence electrons. The number of nitrogens with one attached hydrogen (secondary N) is 2. The third-order valence-corrected chi connectivity index (χ3v) is 5.43. The summed E-state index contributed by atoms with van der Waals surface area (Å²) in [5.41, 5.74) is 5.38. The molecular weight excluding hydrogens is 428 g/mol. The molecule has 0 unspecified atom stereocenters. The van der Waals surface area contributed by atoms with E-state index >= 15 is 0 Å². The summed E-state index contributed by atoms with van der Waals surface area (Å²) < 4.78 is 6.05. The molecule has 0 spiro atoms. The van der Waals surface area contributed by atoms with Gasteiger partial charge in [-0.05, 0) is 56.3 Å². The minimum Gasteiger partial charge on any atom is -0.436 e. The molecular formula is C27H26N4O3. The fourth-order valence-corrected chi connectivity index (χ4v) is 3.61. The van der Waals surface area contributed by atoms with Crippen molar-refractivity contribution in [3.05, 3.63) is 102 Å². The minimum atomic E-state index is -0.401. The summed E-state index contributed by atoms with van der Waals surface area (Å²) in [7, 11) is 0. The van der Waals surface area contributed by atoms with E-state index in [2.05, 4.69) is 34.6 Å². The lowest BCUT2D eigenvalue weighted by atomic mass is 10.1. The molecule has 7 heteroatoms. The Labute approximate surface area is 197 Å². The predicted octanol–water partition coefficient (Wildman–Crippen LogP) is 4.78. The molecule has 4 rings (SSSR count). The third-order valence-electron chi connectivity index (χ3n) is 5.43. The number of benzene rings is 3. The van der Waals surface area contributed by atoms with Crippen LogP contribution in [0.1, 0.15) is 34.6 Å². The topological polar surface area (TPSA) is 86.9 Å². The van der Waals surface area contributed by atoms with Gasteiger partial charge in [-0.25, -0.2) is 5.43 Å². The average molecular weight is 455 g/mol. The van der Waals surface area contributed by atoms with Gasteiger partial charge in [0.1, 0.15) is 11.1 Å². The van der Waals surface area contributed by atoms with Gasteiger partial charge in [-0.3, -0.25) is 9.59 Å². The molecule has 4 aromatic rings. The van der Waals surface area contributed by atoms with Crippen LogP contribution in [0.25, 0.3) is 11.0 Å². The van der Waals surface area contributed by atoms with Crippen molar-refractivity contribution < 1.29 is 14.0 Å². The van der Waals surface area contributed by atoms with E-state index < -0.39 is 11.8 Å². The Kier molecular flexibility index (Phi) is 7.03. The summed E-state index contributed by atoms with van der Waals surface area (Å²) in [6.45, 7) is 5.87. The zero-order valence-electron chi connectivity index (χ0n) is 19.1. The fraction of sp³-hybridized carbons (Fsp3) is 0.148.